The second-order valence-electron chi connectivity index (χ2n) is 4.97. The highest BCUT2D eigenvalue weighted by Gasteiger charge is 2.27. The Bertz CT molecular complexity index is 472. The number of rotatable bonds is 3. The Kier molecular flexibility index (Phi) is 5.19. The van der Waals surface area contributed by atoms with Crippen molar-refractivity contribution in [3.63, 3.8) is 0 Å². The first-order chi connectivity index (χ1) is 9.10. The summed E-state index contributed by atoms with van der Waals surface area (Å²) in [5, 5.41) is 11.2. The van der Waals surface area contributed by atoms with Crippen molar-refractivity contribution >= 4 is 39.2 Å². The minimum absolute atomic E-state index is 0.0372. The number of hydrogen-bond acceptors (Lipinski definition) is 3. The highest BCUT2D eigenvalue weighted by molar-refractivity contribution is 9.10. The summed E-state index contributed by atoms with van der Waals surface area (Å²) in [5.74, 6) is 0.264. The zero-order valence-corrected chi connectivity index (χ0v) is 13.3. The van der Waals surface area contributed by atoms with Crippen LogP contribution in [0.2, 0.25) is 0 Å². The standard InChI is InChI=1S/C14H18BrNO2S/c1-10-2-3-11(8-17)7-16(10)14(18)5-4-13-6-12(15)9-19-13/h4-6,9-11,17H,2-3,7-8H2,1H3/b5-4+. The number of nitrogens with zero attached hydrogens (tertiary/aromatic N) is 1. The summed E-state index contributed by atoms with van der Waals surface area (Å²) in [6.07, 6.45) is 5.46. The van der Waals surface area contributed by atoms with Crippen molar-refractivity contribution in [2.75, 3.05) is 13.2 Å². The molecular weight excluding hydrogens is 326 g/mol. The van der Waals surface area contributed by atoms with E-state index < -0.39 is 0 Å². The Hall–Kier alpha value is -0.650. The summed E-state index contributed by atoms with van der Waals surface area (Å²) in [5.41, 5.74) is 0. The lowest BCUT2D eigenvalue weighted by atomic mass is 9.94. The number of thiophene rings is 1. The van der Waals surface area contributed by atoms with Gasteiger partial charge in [-0.05, 0) is 53.8 Å². The van der Waals surface area contributed by atoms with Crippen LogP contribution >= 0.6 is 27.3 Å². The number of likely N-dealkylation sites (tertiary alicyclic amines) is 1. The molecule has 0 bridgehead atoms. The van der Waals surface area contributed by atoms with E-state index in [1.165, 1.54) is 0 Å². The maximum Gasteiger partial charge on any atom is 0.246 e. The predicted octanol–water partition coefficient (Wildman–Crippen LogP) is 3.14. The molecule has 1 aliphatic heterocycles. The number of carbonyl (C=O) groups is 1. The van der Waals surface area contributed by atoms with Gasteiger partial charge in [0.25, 0.3) is 0 Å². The fourth-order valence-electron chi connectivity index (χ4n) is 2.30. The molecule has 1 saturated heterocycles. The molecule has 0 aromatic carbocycles. The van der Waals surface area contributed by atoms with Gasteiger partial charge in [-0.15, -0.1) is 11.3 Å². The van der Waals surface area contributed by atoms with Gasteiger partial charge >= 0.3 is 0 Å². The lowest BCUT2D eigenvalue weighted by Crippen LogP contribution is -2.45. The van der Waals surface area contributed by atoms with Crippen LogP contribution < -0.4 is 0 Å². The normalized spacial score (nSPS) is 24.1. The molecule has 1 amide bonds. The summed E-state index contributed by atoms with van der Waals surface area (Å²) < 4.78 is 1.04. The molecule has 2 atom stereocenters. The van der Waals surface area contributed by atoms with Gasteiger partial charge in [-0.3, -0.25) is 4.79 Å². The quantitative estimate of drug-likeness (QED) is 0.856. The van der Waals surface area contributed by atoms with Crippen molar-refractivity contribution in [2.45, 2.75) is 25.8 Å². The van der Waals surface area contributed by atoms with Crippen LogP contribution in [0.4, 0.5) is 0 Å². The second-order valence-corrected chi connectivity index (χ2v) is 6.82. The first-order valence-electron chi connectivity index (χ1n) is 6.43. The topological polar surface area (TPSA) is 40.5 Å². The van der Waals surface area contributed by atoms with E-state index >= 15 is 0 Å². The molecule has 3 nitrogen and oxygen atoms in total. The smallest absolute Gasteiger partial charge is 0.246 e. The molecule has 0 spiro atoms. The minimum atomic E-state index is 0.0372. The van der Waals surface area contributed by atoms with Crippen molar-refractivity contribution < 1.29 is 9.90 Å². The van der Waals surface area contributed by atoms with E-state index in [9.17, 15) is 9.90 Å². The van der Waals surface area contributed by atoms with Gasteiger partial charge in [0.15, 0.2) is 0 Å². The summed E-state index contributed by atoms with van der Waals surface area (Å²) in [6, 6.07) is 2.25. The number of aliphatic hydroxyl groups excluding tert-OH is 1. The molecule has 1 aliphatic rings. The molecule has 1 N–H and O–H groups in total. The molecule has 1 aromatic heterocycles. The number of amides is 1. The zero-order valence-electron chi connectivity index (χ0n) is 10.9. The van der Waals surface area contributed by atoms with Gasteiger partial charge in [0, 0.05) is 40.0 Å². The van der Waals surface area contributed by atoms with Crippen LogP contribution in [0.3, 0.4) is 0 Å². The molecule has 104 valence electrons. The summed E-state index contributed by atoms with van der Waals surface area (Å²) >= 11 is 5.00. The van der Waals surface area contributed by atoms with Crippen molar-refractivity contribution in [1.29, 1.82) is 0 Å². The van der Waals surface area contributed by atoms with Gasteiger partial charge in [-0.1, -0.05) is 0 Å². The lowest BCUT2D eigenvalue weighted by Gasteiger charge is -2.36. The molecule has 0 saturated carbocycles. The summed E-state index contributed by atoms with van der Waals surface area (Å²) in [4.78, 5) is 15.1. The summed E-state index contributed by atoms with van der Waals surface area (Å²) in [6.45, 7) is 2.90. The Morgan fingerprint density at radius 2 is 2.42 bits per heavy atom. The highest BCUT2D eigenvalue weighted by Crippen LogP contribution is 2.23. The predicted molar refractivity (Wildman–Crippen MR) is 82.0 cm³/mol. The van der Waals surface area contributed by atoms with Crippen molar-refractivity contribution in [1.82, 2.24) is 4.90 Å². The van der Waals surface area contributed by atoms with Gasteiger partial charge in [-0.2, -0.15) is 0 Å². The molecule has 1 fully saturated rings. The van der Waals surface area contributed by atoms with Gasteiger partial charge in [0.1, 0.15) is 0 Å². The zero-order chi connectivity index (χ0) is 13.8. The average molecular weight is 344 g/mol. The number of piperidine rings is 1. The highest BCUT2D eigenvalue weighted by atomic mass is 79.9. The molecule has 19 heavy (non-hydrogen) atoms. The van der Waals surface area contributed by atoms with Crippen LogP contribution in [-0.2, 0) is 4.79 Å². The number of aliphatic hydroxyl groups is 1. The third-order valence-electron chi connectivity index (χ3n) is 3.50. The fourth-order valence-corrected chi connectivity index (χ4v) is 3.64. The summed E-state index contributed by atoms with van der Waals surface area (Å²) in [7, 11) is 0. The van der Waals surface area contributed by atoms with E-state index in [1.54, 1.807) is 17.4 Å². The number of halogens is 1. The fraction of sp³-hybridized carbons (Fsp3) is 0.500. The molecule has 5 heteroatoms. The first kappa shape index (κ1) is 14.8. The van der Waals surface area contributed by atoms with Crippen LogP contribution in [0.15, 0.2) is 22.0 Å². The van der Waals surface area contributed by atoms with Crippen LogP contribution in [0.1, 0.15) is 24.6 Å². The minimum Gasteiger partial charge on any atom is -0.396 e. The third kappa shape index (κ3) is 3.91. The molecular formula is C14H18BrNO2S. The molecule has 2 unspecified atom stereocenters. The van der Waals surface area contributed by atoms with E-state index in [4.69, 9.17) is 0 Å². The lowest BCUT2D eigenvalue weighted by molar-refractivity contribution is -0.130. The molecule has 2 rings (SSSR count). The van der Waals surface area contributed by atoms with Gasteiger partial charge in [0.05, 0.1) is 0 Å². The Balaban J connectivity index is 2.00. The SMILES string of the molecule is CC1CCC(CO)CN1C(=O)/C=C/c1cc(Br)cs1. The average Bonchev–Trinajstić information content (AvgIpc) is 2.82. The van der Waals surface area contributed by atoms with Gasteiger partial charge < -0.3 is 10.0 Å². The van der Waals surface area contributed by atoms with Crippen molar-refractivity contribution in [3.8, 4) is 0 Å². The van der Waals surface area contributed by atoms with Crippen molar-refractivity contribution in [2.24, 2.45) is 5.92 Å². The Labute approximate surface area is 126 Å². The Morgan fingerprint density at radius 1 is 1.63 bits per heavy atom. The molecule has 0 aliphatic carbocycles. The van der Waals surface area contributed by atoms with Crippen LogP contribution in [0.25, 0.3) is 6.08 Å². The van der Waals surface area contributed by atoms with E-state index in [2.05, 4.69) is 22.9 Å². The number of carbonyl (C=O) groups excluding carboxylic acids is 1. The first-order valence-corrected chi connectivity index (χ1v) is 8.11. The van der Waals surface area contributed by atoms with Crippen LogP contribution in [0.5, 0.6) is 0 Å². The Morgan fingerprint density at radius 3 is 3.05 bits per heavy atom. The maximum atomic E-state index is 12.2. The van der Waals surface area contributed by atoms with E-state index in [0.717, 1.165) is 22.2 Å². The van der Waals surface area contributed by atoms with E-state index in [-0.39, 0.29) is 24.5 Å². The number of hydrogen-bond donors (Lipinski definition) is 1. The molecule has 1 aromatic rings. The molecule has 0 radical (unpaired) electrons. The maximum absolute atomic E-state index is 12.2. The van der Waals surface area contributed by atoms with Crippen LogP contribution in [0, 0.1) is 5.92 Å². The van der Waals surface area contributed by atoms with Gasteiger partial charge in [0.2, 0.25) is 5.91 Å². The van der Waals surface area contributed by atoms with E-state index in [1.807, 2.05) is 22.4 Å². The van der Waals surface area contributed by atoms with Crippen LogP contribution in [-0.4, -0.2) is 35.1 Å². The van der Waals surface area contributed by atoms with Gasteiger partial charge in [-0.25, -0.2) is 0 Å². The monoisotopic (exact) mass is 343 g/mol. The second kappa shape index (κ2) is 6.68. The largest absolute Gasteiger partial charge is 0.396 e. The molecule has 2 heterocycles. The third-order valence-corrected chi connectivity index (χ3v) is 5.16. The van der Waals surface area contributed by atoms with Crippen molar-refractivity contribution in [3.05, 3.63) is 26.9 Å². The van der Waals surface area contributed by atoms with E-state index in [0.29, 0.717) is 6.54 Å².